The monoisotopic (exact) mass is 384 g/mol. The number of nitrogens with zero attached hydrogens (tertiary/aromatic N) is 1. The van der Waals surface area contributed by atoms with Gasteiger partial charge in [-0.25, -0.2) is 0 Å². The largest absolute Gasteiger partial charge is 0.497 e. The van der Waals surface area contributed by atoms with Gasteiger partial charge in [-0.3, -0.25) is 9.69 Å². The second-order valence-electron chi connectivity index (χ2n) is 7.02. The molecule has 2 aromatic carbocycles. The molecule has 1 aliphatic rings. The lowest BCUT2D eigenvalue weighted by molar-refractivity contribution is -0.119. The molecular weight excluding hydrogens is 356 g/mol. The van der Waals surface area contributed by atoms with Crippen LogP contribution >= 0.6 is 11.8 Å². The van der Waals surface area contributed by atoms with E-state index in [9.17, 15) is 4.79 Å². The number of likely N-dealkylation sites (tertiary alicyclic amines) is 1. The lowest BCUT2D eigenvalue weighted by atomic mass is 10.0. The molecule has 27 heavy (non-hydrogen) atoms. The van der Waals surface area contributed by atoms with Gasteiger partial charge in [0, 0.05) is 30.6 Å². The van der Waals surface area contributed by atoms with Crippen LogP contribution in [0, 0.1) is 6.92 Å². The molecule has 3 rings (SSSR count). The minimum atomic E-state index is 0.134. The standard InChI is InChI=1S/C22H28N2O2S/c1-17-6-3-4-9-21(17)27-16-22(25)23-19-10-12-24(13-11-19)15-18-7-5-8-20(14-18)26-2/h3-9,14,19H,10-13,15-16H2,1-2H3,(H,23,25). The molecule has 0 bridgehead atoms. The van der Waals surface area contributed by atoms with Gasteiger partial charge in [-0.05, 0) is 49.1 Å². The number of piperidine rings is 1. The molecule has 1 fully saturated rings. The molecule has 0 aliphatic carbocycles. The van der Waals surface area contributed by atoms with Crippen molar-refractivity contribution >= 4 is 17.7 Å². The smallest absolute Gasteiger partial charge is 0.230 e. The Morgan fingerprint density at radius 3 is 2.70 bits per heavy atom. The number of methoxy groups -OCH3 is 1. The Labute approximate surface area is 166 Å². The second kappa shape index (κ2) is 9.81. The first-order valence-corrected chi connectivity index (χ1v) is 10.5. The van der Waals surface area contributed by atoms with Crippen LogP contribution in [-0.2, 0) is 11.3 Å². The number of hydrogen-bond acceptors (Lipinski definition) is 4. The number of thioether (sulfide) groups is 1. The number of benzene rings is 2. The molecule has 0 radical (unpaired) electrons. The maximum Gasteiger partial charge on any atom is 0.230 e. The van der Waals surface area contributed by atoms with E-state index in [4.69, 9.17) is 4.74 Å². The summed E-state index contributed by atoms with van der Waals surface area (Å²) in [5.74, 6) is 1.52. The molecule has 1 aliphatic heterocycles. The molecule has 0 spiro atoms. The van der Waals surface area contributed by atoms with Crippen molar-refractivity contribution in [3.8, 4) is 5.75 Å². The molecule has 0 saturated carbocycles. The lowest BCUT2D eigenvalue weighted by Crippen LogP contribution is -2.44. The molecule has 5 heteroatoms. The molecule has 0 unspecified atom stereocenters. The summed E-state index contributed by atoms with van der Waals surface area (Å²) in [6.45, 7) is 5.03. The third kappa shape index (κ3) is 6.01. The van der Waals surface area contributed by atoms with Crippen molar-refractivity contribution in [1.82, 2.24) is 10.2 Å². The fourth-order valence-electron chi connectivity index (χ4n) is 3.40. The van der Waals surface area contributed by atoms with Gasteiger partial charge in [-0.2, -0.15) is 0 Å². The van der Waals surface area contributed by atoms with E-state index in [0.717, 1.165) is 38.2 Å². The summed E-state index contributed by atoms with van der Waals surface area (Å²) in [7, 11) is 1.70. The number of amides is 1. The van der Waals surface area contributed by atoms with Crippen molar-refractivity contribution in [3.63, 3.8) is 0 Å². The van der Waals surface area contributed by atoms with Gasteiger partial charge in [-0.1, -0.05) is 30.3 Å². The van der Waals surface area contributed by atoms with Crippen molar-refractivity contribution in [3.05, 3.63) is 59.7 Å². The van der Waals surface area contributed by atoms with E-state index in [1.54, 1.807) is 18.9 Å². The Hall–Kier alpha value is -1.98. The quantitative estimate of drug-likeness (QED) is 0.736. The average molecular weight is 385 g/mol. The van der Waals surface area contributed by atoms with Crippen LogP contribution in [0.5, 0.6) is 5.75 Å². The fraction of sp³-hybridized carbons (Fsp3) is 0.409. The van der Waals surface area contributed by atoms with Crippen LogP contribution in [-0.4, -0.2) is 42.8 Å². The van der Waals surface area contributed by atoms with Crippen molar-refractivity contribution in [2.75, 3.05) is 26.0 Å². The SMILES string of the molecule is COc1cccc(CN2CCC(NC(=O)CSc3ccccc3C)CC2)c1. The van der Waals surface area contributed by atoms with Crippen LogP contribution in [0.4, 0.5) is 0 Å². The van der Waals surface area contributed by atoms with Gasteiger partial charge in [0.25, 0.3) is 0 Å². The van der Waals surface area contributed by atoms with Crippen LogP contribution in [0.25, 0.3) is 0 Å². The summed E-state index contributed by atoms with van der Waals surface area (Å²) in [6.07, 6.45) is 2.01. The third-order valence-electron chi connectivity index (χ3n) is 4.95. The van der Waals surface area contributed by atoms with E-state index in [0.29, 0.717) is 5.75 Å². The zero-order chi connectivity index (χ0) is 19.1. The van der Waals surface area contributed by atoms with E-state index in [1.165, 1.54) is 16.0 Å². The zero-order valence-corrected chi connectivity index (χ0v) is 16.9. The molecular formula is C22H28N2O2S. The maximum absolute atomic E-state index is 12.3. The summed E-state index contributed by atoms with van der Waals surface area (Å²) < 4.78 is 5.30. The highest BCUT2D eigenvalue weighted by Crippen LogP contribution is 2.22. The highest BCUT2D eigenvalue weighted by atomic mass is 32.2. The van der Waals surface area contributed by atoms with Crippen molar-refractivity contribution in [2.45, 2.75) is 37.2 Å². The number of rotatable bonds is 7. The van der Waals surface area contributed by atoms with E-state index < -0.39 is 0 Å². The fourth-order valence-corrected chi connectivity index (χ4v) is 4.24. The predicted octanol–water partition coefficient (Wildman–Crippen LogP) is 3.88. The first-order valence-electron chi connectivity index (χ1n) is 9.47. The Morgan fingerprint density at radius 2 is 1.96 bits per heavy atom. The molecule has 1 saturated heterocycles. The highest BCUT2D eigenvalue weighted by Gasteiger charge is 2.20. The van der Waals surface area contributed by atoms with Crippen LogP contribution in [0.15, 0.2) is 53.4 Å². The van der Waals surface area contributed by atoms with Gasteiger partial charge in [0.05, 0.1) is 12.9 Å². The first-order chi connectivity index (χ1) is 13.1. The van der Waals surface area contributed by atoms with Gasteiger partial charge in [0.15, 0.2) is 0 Å². The topological polar surface area (TPSA) is 41.6 Å². The number of aryl methyl sites for hydroxylation is 1. The normalized spacial score (nSPS) is 15.5. The predicted molar refractivity (Wildman–Crippen MR) is 111 cm³/mol. The molecule has 144 valence electrons. The summed E-state index contributed by atoms with van der Waals surface area (Å²) in [5, 5.41) is 3.20. The minimum absolute atomic E-state index is 0.134. The average Bonchev–Trinajstić information content (AvgIpc) is 2.69. The molecule has 0 atom stereocenters. The molecule has 1 N–H and O–H groups in total. The van der Waals surface area contributed by atoms with Crippen molar-refractivity contribution in [1.29, 1.82) is 0 Å². The zero-order valence-electron chi connectivity index (χ0n) is 16.1. The second-order valence-corrected chi connectivity index (χ2v) is 8.04. The van der Waals surface area contributed by atoms with Crippen LogP contribution in [0.2, 0.25) is 0 Å². The minimum Gasteiger partial charge on any atom is -0.497 e. The Balaban J connectivity index is 1.40. The van der Waals surface area contributed by atoms with Gasteiger partial charge in [0.1, 0.15) is 5.75 Å². The van der Waals surface area contributed by atoms with E-state index in [2.05, 4.69) is 41.4 Å². The van der Waals surface area contributed by atoms with Crippen LogP contribution in [0.3, 0.4) is 0 Å². The van der Waals surface area contributed by atoms with E-state index in [1.807, 2.05) is 24.3 Å². The maximum atomic E-state index is 12.3. The van der Waals surface area contributed by atoms with Crippen LogP contribution in [0.1, 0.15) is 24.0 Å². The molecule has 1 heterocycles. The first kappa shape index (κ1) is 19.8. The number of nitrogens with one attached hydrogen (secondary N) is 1. The molecule has 2 aromatic rings. The van der Waals surface area contributed by atoms with E-state index >= 15 is 0 Å². The van der Waals surface area contributed by atoms with Crippen molar-refractivity contribution in [2.24, 2.45) is 0 Å². The van der Waals surface area contributed by atoms with Gasteiger partial charge in [0.2, 0.25) is 5.91 Å². The summed E-state index contributed by atoms with van der Waals surface area (Å²) in [5.41, 5.74) is 2.49. The van der Waals surface area contributed by atoms with Crippen LogP contribution < -0.4 is 10.1 Å². The summed E-state index contributed by atoms with van der Waals surface area (Å²) in [6, 6.07) is 16.7. The highest BCUT2D eigenvalue weighted by molar-refractivity contribution is 8.00. The molecule has 4 nitrogen and oxygen atoms in total. The van der Waals surface area contributed by atoms with Gasteiger partial charge >= 0.3 is 0 Å². The Bertz CT molecular complexity index is 757. The Morgan fingerprint density at radius 1 is 1.19 bits per heavy atom. The number of carbonyl (C=O) groups excluding carboxylic acids is 1. The number of hydrogen-bond donors (Lipinski definition) is 1. The van der Waals surface area contributed by atoms with E-state index in [-0.39, 0.29) is 11.9 Å². The number of carbonyl (C=O) groups is 1. The van der Waals surface area contributed by atoms with Gasteiger partial charge < -0.3 is 10.1 Å². The van der Waals surface area contributed by atoms with Gasteiger partial charge in [-0.15, -0.1) is 11.8 Å². The lowest BCUT2D eigenvalue weighted by Gasteiger charge is -2.32. The summed E-state index contributed by atoms with van der Waals surface area (Å²) >= 11 is 1.62. The Kier molecular flexibility index (Phi) is 7.18. The summed E-state index contributed by atoms with van der Waals surface area (Å²) in [4.78, 5) is 15.9. The third-order valence-corrected chi connectivity index (χ3v) is 6.12. The molecule has 0 aromatic heterocycles. The van der Waals surface area contributed by atoms with Crippen molar-refractivity contribution < 1.29 is 9.53 Å². The number of ether oxygens (including phenoxy) is 1. The molecule has 1 amide bonds.